The maximum Gasteiger partial charge on any atom is 0.240 e. The zero-order chi connectivity index (χ0) is 14.5. The summed E-state index contributed by atoms with van der Waals surface area (Å²) in [6.45, 7) is 3.16. The third-order valence-corrected chi connectivity index (χ3v) is 2.88. The van der Waals surface area contributed by atoms with Crippen LogP contribution >= 0.6 is 0 Å². The molecule has 2 rings (SSSR count). The third kappa shape index (κ3) is 3.48. The predicted octanol–water partition coefficient (Wildman–Crippen LogP) is 2.03. The maximum atomic E-state index is 5.30. The fourth-order valence-electron chi connectivity index (χ4n) is 1.98. The molecule has 0 unspecified atom stereocenters. The van der Waals surface area contributed by atoms with Crippen LogP contribution in [0.5, 0.6) is 11.5 Å². The summed E-state index contributed by atoms with van der Waals surface area (Å²) in [5.41, 5.74) is 1.13. The number of ether oxygens (including phenoxy) is 2. The van der Waals surface area contributed by atoms with Crippen LogP contribution < -0.4 is 9.47 Å². The van der Waals surface area contributed by atoms with Crippen LogP contribution in [0, 0.1) is 6.92 Å². The molecule has 0 aliphatic carbocycles. The minimum Gasteiger partial charge on any atom is -0.493 e. The Hall–Kier alpha value is -2.08. The van der Waals surface area contributed by atoms with Gasteiger partial charge in [0, 0.05) is 6.54 Å². The molecule has 0 aliphatic heterocycles. The molecule has 1 heterocycles. The average molecular weight is 277 g/mol. The second kappa shape index (κ2) is 6.38. The Balaban J connectivity index is 2.02. The Kier molecular flexibility index (Phi) is 4.57. The lowest BCUT2D eigenvalue weighted by molar-refractivity contribution is 0.260. The van der Waals surface area contributed by atoms with E-state index in [0.29, 0.717) is 18.3 Å². The summed E-state index contributed by atoms with van der Waals surface area (Å²) < 4.78 is 15.6. The van der Waals surface area contributed by atoms with E-state index in [2.05, 4.69) is 15.0 Å². The van der Waals surface area contributed by atoms with E-state index >= 15 is 0 Å². The van der Waals surface area contributed by atoms with Gasteiger partial charge < -0.3 is 14.0 Å². The fourth-order valence-corrected chi connectivity index (χ4v) is 1.98. The Labute approximate surface area is 118 Å². The molecule has 108 valence electrons. The smallest absolute Gasteiger partial charge is 0.240 e. The SMILES string of the molecule is COc1ccc(CN(C)Cc2nc(C)no2)cc1OC. The first kappa shape index (κ1) is 14.3. The normalized spacial score (nSPS) is 10.8. The van der Waals surface area contributed by atoms with Gasteiger partial charge in [-0.05, 0) is 31.7 Å². The summed E-state index contributed by atoms with van der Waals surface area (Å²) in [5, 5.41) is 3.78. The van der Waals surface area contributed by atoms with Crippen molar-refractivity contribution in [3.63, 3.8) is 0 Å². The van der Waals surface area contributed by atoms with Gasteiger partial charge in [-0.2, -0.15) is 4.98 Å². The highest BCUT2D eigenvalue weighted by molar-refractivity contribution is 5.42. The van der Waals surface area contributed by atoms with E-state index in [-0.39, 0.29) is 0 Å². The van der Waals surface area contributed by atoms with Gasteiger partial charge >= 0.3 is 0 Å². The average Bonchev–Trinajstić information content (AvgIpc) is 2.83. The standard InChI is InChI=1S/C14H19N3O3/c1-10-15-14(20-16-10)9-17(2)8-11-5-6-12(18-3)13(7-11)19-4/h5-7H,8-9H2,1-4H3. The summed E-state index contributed by atoms with van der Waals surface area (Å²) in [6.07, 6.45) is 0. The van der Waals surface area contributed by atoms with Crippen LogP contribution in [-0.2, 0) is 13.1 Å². The van der Waals surface area contributed by atoms with Gasteiger partial charge in [0.15, 0.2) is 17.3 Å². The van der Waals surface area contributed by atoms with Gasteiger partial charge in [-0.25, -0.2) is 0 Å². The van der Waals surface area contributed by atoms with Crippen molar-refractivity contribution in [1.29, 1.82) is 0 Å². The number of hydrogen-bond acceptors (Lipinski definition) is 6. The van der Waals surface area contributed by atoms with Gasteiger partial charge in [-0.15, -0.1) is 0 Å². The van der Waals surface area contributed by atoms with Crippen LogP contribution in [0.4, 0.5) is 0 Å². The molecule has 0 fully saturated rings. The van der Waals surface area contributed by atoms with Crippen LogP contribution in [0.2, 0.25) is 0 Å². The third-order valence-electron chi connectivity index (χ3n) is 2.88. The largest absolute Gasteiger partial charge is 0.493 e. The van der Waals surface area contributed by atoms with E-state index in [0.717, 1.165) is 23.6 Å². The molecule has 0 atom stereocenters. The number of benzene rings is 1. The summed E-state index contributed by atoms with van der Waals surface area (Å²) in [6, 6.07) is 5.88. The van der Waals surface area contributed by atoms with Crippen molar-refractivity contribution in [3.05, 3.63) is 35.5 Å². The molecule has 0 aliphatic rings. The van der Waals surface area contributed by atoms with Gasteiger partial charge in [0.25, 0.3) is 0 Å². The number of hydrogen-bond donors (Lipinski definition) is 0. The molecule has 1 aromatic carbocycles. The van der Waals surface area contributed by atoms with Crippen molar-refractivity contribution >= 4 is 0 Å². The quantitative estimate of drug-likeness (QED) is 0.805. The molecule has 0 saturated carbocycles. The maximum absolute atomic E-state index is 5.30. The molecule has 0 N–H and O–H groups in total. The van der Waals surface area contributed by atoms with Crippen LogP contribution in [0.25, 0.3) is 0 Å². The molecule has 0 spiro atoms. The van der Waals surface area contributed by atoms with Gasteiger partial charge in [0.2, 0.25) is 5.89 Å². The van der Waals surface area contributed by atoms with E-state index < -0.39 is 0 Å². The Morgan fingerprint density at radius 2 is 1.90 bits per heavy atom. The Bertz CT molecular complexity index is 569. The van der Waals surface area contributed by atoms with E-state index in [9.17, 15) is 0 Å². The van der Waals surface area contributed by atoms with Crippen LogP contribution in [0.1, 0.15) is 17.3 Å². The molecule has 0 saturated heterocycles. The first-order valence-electron chi connectivity index (χ1n) is 6.31. The number of rotatable bonds is 6. The van der Waals surface area contributed by atoms with E-state index in [1.165, 1.54) is 0 Å². The van der Waals surface area contributed by atoms with Crippen LogP contribution in [0.3, 0.4) is 0 Å². The number of aryl methyl sites for hydroxylation is 1. The molecule has 1 aromatic heterocycles. The first-order valence-corrected chi connectivity index (χ1v) is 6.31. The highest BCUT2D eigenvalue weighted by Crippen LogP contribution is 2.28. The summed E-state index contributed by atoms with van der Waals surface area (Å²) >= 11 is 0. The monoisotopic (exact) mass is 277 g/mol. The minimum atomic E-state index is 0.606. The van der Waals surface area contributed by atoms with Gasteiger partial charge in [0.05, 0.1) is 20.8 Å². The topological polar surface area (TPSA) is 60.6 Å². The highest BCUT2D eigenvalue weighted by Gasteiger charge is 2.09. The Morgan fingerprint density at radius 1 is 1.15 bits per heavy atom. The molecule has 0 radical (unpaired) electrons. The minimum absolute atomic E-state index is 0.606. The number of nitrogens with zero attached hydrogens (tertiary/aromatic N) is 3. The zero-order valence-electron chi connectivity index (χ0n) is 12.2. The van der Waals surface area contributed by atoms with Crippen molar-refractivity contribution in [3.8, 4) is 11.5 Å². The zero-order valence-corrected chi connectivity index (χ0v) is 12.2. The molecule has 6 nitrogen and oxygen atoms in total. The predicted molar refractivity (Wildman–Crippen MR) is 73.8 cm³/mol. The number of aromatic nitrogens is 2. The lowest BCUT2D eigenvalue weighted by Gasteiger charge is -2.15. The van der Waals surface area contributed by atoms with Crippen molar-refractivity contribution in [2.24, 2.45) is 0 Å². The van der Waals surface area contributed by atoms with E-state index in [4.69, 9.17) is 14.0 Å². The van der Waals surface area contributed by atoms with Crippen molar-refractivity contribution < 1.29 is 14.0 Å². The molecule has 0 bridgehead atoms. The van der Waals surface area contributed by atoms with Gasteiger partial charge in [-0.3, -0.25) is 4.90 Å². The lowest BCUT2D eigenvalue weighted by atomic mass is 10.2. The molecule has 0 amide bonds. The lowest BCUT2D eigenvalue weighted by Crippen LogP contribution is -2.17. The van der Waals surface area contributed by atoms with Crippen molar-refractivity contribution in [2.75, 3.05) is 21.3 Å². The van der Waals surface area contributed by atoms with Gasteiger partial charge in [0.1, 0.15) is 0 Å². The molecular weight excluding hydrogens is 258 g/mol. The van der Waals surface area contributed by atoms with Crippen LogP contribution in [0.15, 0.2) is 22.7 Å². The molecule has 20 heavy (non-hydrogen) atoms. The second-order valence-electron chi connectivity index (χ2n) is 4.60. The fraction of sp³-hybridized carbons (Fsp3) is 0.429. The molecule has 6 heteroatoms. The first-order chi connectivity index (χ1) is 9.62. The van der Waals surface area contributed by atoms with E-state index in [1.807, 2.05) is 25.2 Å². The summed E-state index contributed by atoms with van der Waals surface area (Å²) in [4.78, 5) is 6.28. The van der Waals surface area contributed by atoms with Crippen LogP contribution in [-0.4, -0.2) is 36.3 Å². The summed E-state index contributed by atoms with van der Waals surface area (Å²) in [7, 11) is 5.25. The van der Waals surface area contributed by atoms with Gasteiger partial charge in [-0.1, -0.05) is 11.2 Å². The molecular formula is C14H19N3O3. The summed E-state index contributed by atoms with van der Waals surface area (Å²) in [5.74, 6) is 2.73. The van der Waals surface area contributed by atoms with Crippen molar-refractivity contribution in [1.82, 2.24) is 15.0 Å². The number of methoxy groups -OCH3 is 2. The molecule has 2 aromatic rings. The second-order valence-corrected chi connectivity index (χ2v) is 4.60. The Morgan fingerprint density at radius 3 is 2.50 bits per heavy atom. The van der Waals surface area contributed by atoms with Crippen molar-refractivity contribution in [2.45, 2.75) is 20.0 Å². The highest BCUT2D eigenvalue weighted by atomic mass is 16.5. The van der Waals surface area contributed by atoms with E-state index in [1.54, 1.807) is 21.1 Å².